The fourth-order valence-corrected chi connectivity index (χ4v) is 2.47. The van der Waals surface area contributed by atoms with Crippen LogP contribution in [-0.4, -0.2) is 47.2 Å². The summed E-state index contributed by atoms with van der Waals surface area (Å²) in [6.45, 7) is 2.03. The van der Waals surface area contributed by atoms with E-state index in [1.165, 1.54) is 18.9 Å². The number of likely N-dealkylation sites (N-methyl/N-ethyl adjacent to an activating group) is 1. The number of fused-ring (bicyclic) bond motifs is 1. The van der Waals surface area contributed by atoms with Crippen LogP contribution >= 0.6 is 0 Å². The van der Waals surface area contributed by atoms with Crippen molar-refractivity contribution in [3.8, 4) is 0 Å². The van der Waals surface area contributed by atoms with Crippen molar-refractivity contribution >= 4 is 17.7 Å². The first-order chi connectivity index (χ1) is 7.04. The Labute approximate surface area is 88.0 Å². The van der Waals surface area contributed by atoms with Gasteiger partial charge in [-0.2, -0.15) is 0 Å². The van der Waals surface area contributed by atoms with Crippen LogP contribution in [0.25, 0.3) is 0 Å². The van der Waals surface area contributed by atoms with Gasteiger partial charge < -0.3 is 4.90 Å². The molecular weight excluding hydrogens is 196 g/mol. The second-order valence-corrected chi connectivity index (χ2v) is 4.14. The van der Waals surface area contributed by atoms with Gasteiger partial charge in [0.1, 0.15) is 6.04 Å². The molecule has 2 aliphatic heterocycles. The lowest BCUT2D eigenvalue weighted by atomic mass is 9.91. The lowest BCUT2D eigenvalue weighted by Crippen LogP contribution is -2.49. The minimum absolute atomic E-state index is 0.124. The van der Waals surface area contributed by atoms with E-state index in [0.29, 0.717) is 13.0 Å². The molecule has 3 amide bonds. The van der Waals surface area contributed by atoms with Gasteiger partial charge in [-0.1, -0.05) is 0 Å². The summed E-state index contributed by atoms with van der Waals surface area (Å²) in [7, 11) is 1.49. The SMILES string of the molecule is CC(=O)N1CCC[C@H]2C(=O)N(C)C(=O)[C@H]21. The molecule has 2 heterocycles. The van der Waals surface area contributed by atoms with E-state index in [4.69, 9.17) is 0 Å². The summed E-state index contributed by atoms with van der Waals surface area (Å²) in [5, 5.41) is 0. The van der Waals surface area contributed by atoms with Crippen LogP contribution in [0.2, 0.25) is 0 Å². The standard InChI is InChI=1S/C10H14N2O3/c1-6(13)12-5-3-4-7-8(12)10(15)11(2)9(7)14/h7-8H,3-5H2,1-2H3/t7-,8+/m1/s1. The predicted octanol–water partition coefficient (Wildman–Crippen LogP) is -0.388. The first-order valence-corrected chi connectivity index (χ1v) is 5.12. The zero-order chi connectivity index (χ0) is 11.2. The van der Waals surface area contributed by atoms with Crippen molar-refractivity contribution in [3.63, 3.8) is 0 Å². The third-order valence-electron chi connectivity index (χ3n) is 3.27. The van der Waals surface area contributed by atoms with E-state index in [-0.39, 0.29) is 23.6 Å². The molecular formula is C10H14N2O3. The highest BCUT2D eigenvalue weighted by molar-refractivity contribution is 6.08. The molecule has 82 valence electrons. The first-order valence-electron chi connectivity index (χ1n) is 5.12. The summed E-state index contributed by atoms with van der Waals surface area (Å²) in [6, 6.07) is -0.534. The average molecular weight is 210 g/mol. The molecule has 15 heavy (non-hydrogen) atoms. The van der Waals surface area contributed by atoms with Gasteiger partial charge in [-0.15, -0.1) is 0 Å². The highest BCUT2D eigenvalue weighted by atomic mass is 16.2. The van der Waals surface area contributed by atoms with E-state index in [9.17, 15) is 14.4 Å². The fraction of sp³-hybridized carbons (Fsp3) is 0.700. The molecule has 0 radical (unpaired) electrons. The van der Waals surface area contributed by atoms with Gasteiger partial charge in [0.2, 0.25) is 11.8 Å². The van der Waals surface area contributed by atoms with Crippen LogP contribution in [-0.2, 0) is 14.4 Å². The molecule has 2 aliphatic rings. The van der Waals surface area contributed by atoms with Crippen molar-refractivity contribution in [3.05, 3.63) is 0 Å². The molecule has 2 fully saturated rings. The van der Waals surface area contributed by atoms with Gasteiger partial charge in [0, 0.05) is 20.5 Å². The number of carbonyl (C=O) groups is 3. The molecule has 0 aromatic carbocycles. The lowest BCUT2D eigenvalue weighted by Gasteiger charge is -2.33. The maximum absolute atomic E-state index is 11.8. The molecule has 0 spiro atoms. The van der Waals surface area contributed by atoms with Gasteiger partial charge in [0.25, 0.3) is 5.91 Å². The Morgan fingerprint density at radius 1 is 1.33 bits per heavy atom. The summed E-state index contributed by atoms with van der Waals surface area (Å²) in [5.41, 5.74) is 0. The molecule has 2 rings (SSSR count). The quantitative estimate of drug-likeness (QED) is 0.512. The van der Waals surface area contributed by atoms with Gasteiger partial charge in [-0.05, 0) is 12.8 Å². The van der Waals surface area contributed by atoms with E-state index < -0.39 is 6.04 Å². The highest BCUT2D eigenvalue weighted by Gasteiger charge is 2.50. The number of hydrogen-bond donors (Lipinski definition) is 0. The molecule has 0 aliphatic carbocycles. The first kappa shape index (κ1) is 10.1. The third-order valence-corrected chi connectivity index (χ3v) is 3.27. The Morgan fingerprint density at radius 2 is 2.00 bits per heavy atom. The van der Waals surface area contributed by atoms with Gasteiger partial charge in [0.15, 0.2) is 0 Å². The molecule has 0 aromatic rings. The Morgan fingerprint density at radius 3 is 2.60 bits per heavy atom. The van der Waals surface area contributed by atoms with Crippen LogP contribution < -0.4 is 0 Å². The van der Waals surface area contributed by atoms with Crippen molar-refractivity contribution < 1.29 is 14.4 Å². The number of rotatable bonds is 0. The third kappa shape index (κ3) is 1.33. The summed E-state index contributed by atoms with van der Waals surface area (Å²) < 4.78 is 0. The zero-order valence-electron chi connectivity index (χ0n) is 8.90. The average Bonchev–Trinajstić information content (AvgIpc) is 2.44. The number of likely N-dealkylation sites (tertiary alicyclic amines) is 2. The van der Waals surface area contributed by atoms with Crippen LogP contribution in [0.4, 0.5) is 0 Å². The zero-order valence-corrected chi connectivity index (χ0v) is 8.90. The lowest BCUT2D eigenvalue weighted by molar-refractivity contribution is -0.142. The Kier molecular flexibility index (Phi) is 2.25. The molecule has 0 bridgehead atoms. The van der Waals surface area contributed by atoms with Crippen molar-refractivity contribution in [2.24, 2.45) is 5.92 Å². The van der Waals surface area contributed by atoms with Gasteiger partial charge >= 0.3 is 0 Å². The van der Waals surface area contributed by atoms with Crippen LogP contribution in [0, 0.1) is 5.92 Å². The van der Waals surface area contributed by atoms with E-state index in [1.807, 2.05) is 0 Å². The Hall–Kier alpha value is -1.39. The number of carbonyl (C=O) groups excluding carboxylic acids is 3. The van der Waals surface area contributed by atoms with Crippen LogP contribution in [0.3, 0.4) is 0 Å². The smallest absolute Gasteiger partial charge is 0.252 e. The number of amides is 3. The monoisotopic (exact) mass is 210 g/mol. The molecule has 5 heteroatoms. The summed E-state index contributed by atoms with van der Waals surface area (Å²) in [5.74, 6) is -0.808. The molecule has 0 N–H and O–H groups in total. The van der Waals surface area contributed by atoms with Crippen LogP contribution in [0.1, 0.15) is 19.8 Å². The highest BCUT2D eigenvalue weighted by Crippen LogP contribution is 2.31. The summed E-state index contributed by atoms with van der Waals surface area (Å²) in [4.78, 5) is 37.5. The van der Waals surface area contributed by atoms with Gasteiger partial charge in [-0.3, -0.25) is 19.3 Å². The van der Waals surface area contributed by atoms with E-state index in [2.05, 4.69) is 0 Å². The van der Waals surface area contributed by atoms with Gasteiger partial charge in [-0.25, -0.2) is 0 Å². The van der Waals surface area contributed by atoms with Crippen LogP contribution in [0.15, 0.2) is 0 Å². The number of nitrogens with zero attached hydrogens (tertiary/aromatic N) is 2. The number of hydrogen-bond acceptors (Lipinski definition) is 3. The maximum Gasteiger partial charge on any atom is 0.252 e. The normalized spacial score (nSPS) is 30.8. The second kappa shape index (κ2) is 3.32. The van der Waals surface area contributed by atoms with Crippen molar-refractivity contribution in [1.82, 2.24) is 9.80 Å². The van der Waals surface area contributed by atoms with E-state index in [1.54, 1.807) is 0 Å². The minimum Gasteiger partial charge on any atom is -0.330 e. The number of piperidine rings is 1. The molecule has 5 nitrogen and oxygen atoms in total. The van der Waals surface area contributed by atoms with E-state index >= 15 is 0 Å². The molecule has 2 atom stereocenters. The van der Waals surface area contributed by atoms with Gasteiger partial charge in [0.05, 0.1) is 5.92 Å². The molecule has 0 saturated carbocycles. The van der Waals surface area contributed by atoms with E-state index in [0.717, 1.165) is 11.3 Å². The number of imide groups is 1. The molecule has 2 saturated heterocycles. The second-order valence-electron chi connectivity index (χ2n) is 4.14. The minimum atomic E-state index is -0.534. The maximum atomic E-state index is 11.8. The molecule has 0 aromatic heterocycles. The topological polar surface area (TPSA) is 57.7 Å². The van der Waals surface area contributed by atoms with Crippen LogP contribution in [0.5, 0.6) is 0 Å². The predicted molar refractivity (Wildman–Crippen MR) is 51.7 cm³/mol. The Bertz CT molecular complexity index is 334. The van der Waals surface area contributed by atoms with Crippen molar-refractivity contribution in [2.75, 3.05) is 13.6 Å². The fourth-order valence-electron chi connectivity index (χ4n) is 2.47. The Balaban J connectivity index is 2.32. The molecule has 0 unspecified atom stereocenters. The summed E-state index contributed by atoms with van der Waals surface area (Å²) >= 11 is 0. The van der Waals surface area contributed by atoms with Crippen molar-refractivity contribution in [2.45, 2.75) is 25.8 Å². The largest absolute Gasteiger partial charge is 0.330 e. The summed E-state index contributed by atoms with van der Waals surface area (Å²) in [6.07, 6.45) is 1.51. The van der Waals surface area contributed by atoms with Crippen molar-refractivity contribution in [1.29, 1.82) is 0 Å².